The Morgan fingerprint density at radius 2 is 2.15 bits per heavy atom. The van der Waals surface area contributed by atoms with E-state index >= 15 is 0 Å². The lowest BCUT2D eigenvalue weighted by molar-refractivity contribution is -0.142. The molecule has 0 aromatic heterocycles. The molecule has 13 heavy (non-hydrogen) atoms. The molecular weight excluding hydrogens is 170 g/mol. The molecule has 0 spiro atoms. The molecule has 0 aromatic carbocycles. The van der Waals surface area contributed by atoms with E-state index in [-0.39, 0.29) is 5.92 Å². The van der Waals surface area contributed by atoms with E-state index in [0.717, 1.165) is 24.8 Å². The number of primary amides is 1. The lowest BCUT2D eigenvalue weighted by atomic mass is 9.86. The van der Waals surface area contributed by atoms with Gasteiger partial charge in [0.1, 0.15) is 0 Å². The number of hydrogen-bond donors (Lipinski definition) is 2. The van der Waals surface area contributed by atoms with Gasteiger partial charge in [-0.3, -0.25) is 9.59 Å². The molecule has 0 aromatic rings. The van der Waals surface area contributed by atoms with Crippen molar-refractivity contribution in [3.8, 4) is 0 Å². The zero-order valence-corrected chi connectivity index (χ0v) is 7.12. The Balaban J connectivity index is 2.40. The fourth-order valence-corrected chi connectivity index (χ4v) is 2.52. The lowest BCUT2D eigenvalue weighted by Gasteiger charge is -2.18. The summed E-state index contributed by atoms with van der Waals surface area (Å²) in [7, 11) is 0. The van der Waals surface area contributed by atoms with Crippen molar-refractivity contribution in [1.29, 1.82) is 0 Å². The molecule has 2 bridgehead atoms. The third-order valence-electron chi connectivity index (χ3n) is 3.02. The van der Waals surface area contributed by atoms with E-state index in [9.17, 15) is 9.59 Å². The van der Waals surface area contributed by atoms with Crippen molar-refractivity contribution in [2.75, 3.05) is 0 Å². The van der Waals surface area contributed by atoms with Crippen LogP contribution in [0.5, 0.6) is 0 Å². The molecule has 2 aliphatic rings. The minimum atomic E-state index is -0.909. The molecule has 1 fully saturated rings. The summed E-state index contributed by atoms with van der Waals surface area (Å²) in [6, 6.07) is 0. The summed E-state index contributed by atoms with van der Waals surface area (Å²) in [6.07, 6.45) is 2.50. The second kappa shape index (κ2) is 2.58. The van der Waals surface area contributed by atoms with Crippen LogP contribution in [0.2, 0.25) is 0 Å². The van der Waals surface area contributed by atoms with Gasteiger partial charge in [-0.05, 0) is 25.2 Å². The van der Waals surface area contributed by atoms with Crippen LogP contribution < -0.4 is 5.73 Å². The smallest absolute Gasteiger partial charge is 0.311 e. The van der Waals surface area contributed by atoms with Crippen molar-refractivity contribution < 1.29 is 14.7 Å². The maximum atomic E-state index is 11.0. The van der Waals surface area contributed by atoms with E-state index in [0.29, 0.717) is 5.57 Å². The van der Waals surface area contributed by atoms with Crippen LogP contribution in [-0.4, -0.2) is 17.0 Å². The molecule has 0 heterocycles. The van der Waals surface area contributed by atoms with E-state index in [1.165, 1.54) is 0 Å². The highest BCUT2D eigenvalue weighted by molar-refractivity contribution is 5.99. The lowest BCUT2D eigenvalue weighted by Crippen LogP contribution is -2.29. The minimum Gasteiger partial charge on any atom is -0.481 e. The van der Waals surface area contributed by atoms with Gasteiger partial charge in [-0.25, -0.2) is 0 Å². The standard InChI is InChI=1S/C9H11NO3/c10-8(11)6-4-1-2-5(3-4)7(6)9(12)13/h5,7H,1-3H2,(H2,10,11)(H,12,13). The number of carboxylic acid groups (broad SMARTS) is 1. The maximum Gasteiger partial charge on any atom is 0.311 e. The van der Waals surface area contributed by atoms with Gasteiger partial charge in [0.05, 0.1) is 5.92 Å². The number of carbonyl (C=O) groups excluding carboxylic acids is 1. The molecule has 2 rings (SSSR count). The monoisotopic (exact) mass is 181 g/mol. The molecule has 2 aliphatic carbocycles. The minimum absolute atomic E-state index is 0.120. The van der Waals surface area contributed by atoms with Crippen molar-refractivity contribution in [2.24, 2.45) is 17.6 Å². The van der Waals surface area contributed by atoms with Crippen molar-refractivity contribution >= 4 is 11.9 Å². The number of aliphatic carboxylic acids is 1. The van der Waals surface area contributed by atoms with Crippen molar-refractivity contribution in [3.63, 3.8) is 0 Å². The highest BCUT2D eigenvalue weighted by Gasteiger charge is 2.45. The summed E-state index contributed by atoms with van der Waals surface area (Å²) in [4.78, 5) is 21.9. The number of allylic oxidation sites excluding steroid dienone is 1. The van der Waals surface area contributed by atoms with Gasteiger partial charge in [-0.15, -0.1) is 0 Å². The molecule has 2 atom stereocenters. The molecule has 0 aliphatic heterocycles. The van der Waals surface area contributed by atoms with Gasteiger partial charge >= 0.3 is 5.97 Å². The van der Waals surface area contributed by atoms with Crippen LogP contribution in [0.3, 0.4) is 0 Å². The van der Waals surface area contributed by atoms with Crippen LogP contribution >= 0.6 is 0 Å². The van der Waals surface area contributed by atoms with Gasteiger partial charge < -0.3 is 10.8 Å². The zero-order chi connectivity index (χ0) is 9.59. The molecule has 0 saturated heterocycles. The zero-order valence-electron chi connectivity index (χ0n) is 7.12. The molecular formula is C9H11NO3. The average Bonchev–Trinajstić information content (AvgIpc) is 2.60. The predicted molar refractivity (Wildman–Crippen MR) is 44.7 cm³/mol. The predicted octanol–water partition coefficient (Wildman–Crippen LogP) is 0.283. The number of amides is 1. The summed E-state index contributed by atoms with van der Waals surface area (Å²) in [6.45, 7) is 0. The number of fused-ring (bicyclic) bond motifs is 2. The Bertz CT molecular complexity index is 319. The molecule has 2 unspecified atom stereocenters. The molecule has 3 N–H and O–H groups in total. The number of rotatable bonds is 2. The Morgan fingerprint density at radius 1 is 1.46 bits per heavy atom. The van der Waals surface area contributed by atoms with E-state index < -0.39 is 17.8 Å². The third-order valence-corrected chi connectivity index (χ3v) is 3.02. The second-order valence-corrected chi connectivity index (χ2v) is 3.70. The maximum absolute atomic E-state index is 11.0. The van der Waals surface area contributed by atoms with Crippen LogP contribution in [0.1, 0.15) is 19.3 Å². The molecule has 1 amide bonds. The summed E-state index contributed by atoms with van der Waals surface area (Å²) < 4.78 is 0. The number of carbonyl (C=O) groups is 2. The number of nitrogens with two attached hydrogens (primary N) is 1. The number of hydrogen-bond acceptors (Lipinski definition) is 2. The highest BCUT2D eigenvalue weighted by Crippen LogP contribution is 2.48. The summed E-state index contributed by atoms with van der Waals surface area (Å²) in [5, 5.41) is 8.91. The van der Waals surface area contributed by atoms with Gasteiger partial charge in [0.2, 0.25) is 5.91 Å². The largest absolute Gasteiger partial charge is 0.481 e. The fourth-order valence-electron chi connectivity index (χ4n) is 2.52. The van der Waals surface area contributed by atoms with Crippen LogP contribution in [0.25, 0.3) is 0 Å². The van der Waals surface area contributed by atoms with Crippen LogP contribution in [0.4, 0.5) is 0 Å². The van der Waals surface area contributed by atoms with E-state index in [1.54, 1.807) is 0 Å². The first-order valence-corrected chi connectivity index (χ1v) is 4.35. The van der Waals surface area contributed by atoms with E-state index in [2.05, 4.69) is 0 Å². The highest BCUT2D eigenvalue weighted by atomic mass is 16.4. The fraction of sp³-hybridized carbons (Fsp3) is 0.556. The van der Waals surface area contributed by atoms with E-state index in [4.69, 9.17) is 10.8 Å². The first-order valence-electron chi connectivity index (χ1n) is 4.35. The van der Waals surface area contributed by atoms with Crippen molar-refractivity contribution in [1.82, 2.24) is 0 Å². The van der Waals surface area contributed by atoms with Gasteiger partial charge in [0, 0.05) is 5.57 Å². The normalized spacial score (nSPS) is 31.1. The van der Waals surface area contributed by atoms with E-state index in [1.807, 2.05) is 0 Å². The molecule has 1 saturated carbocycles. The average molecular weight is 181 g/mol. The number of carboxylic acids is 1. The topological polar surface area (TPSA) is 80.4 Å². The first-order chi connectivity index (χ1) is 6.11. The SMILES string of the molecule is NC(=O)C1=C2CCC(C2)C1C(=O)O. The summed E-state index contributed by atoms with van der Waals surface area (Å²) in [5.41, 5.74) is 6.51. The van der Waals surface area contributed by atoms with Crippen molar-refractivity contribution in [2.45, 2.75) is 19.3 Å². The summed E-state index contributed by atoms with van der Waals surface area (Å²) in [5.74, 6) is -1.96. The molecule has 4 nitrogen and oxygen atoms in total. The second-order valence-electron chi connectivity index (χ2n) is 3.70. The van der Waals surface area contributed by atoms with Gasteiger partial charge in [0.25, 0.3) is 0 Å². The van der Waals surface area contributed by atoms with Crippen LogP contribution in [-0.2, 0) is 9.59 Å². The van der Waals surface area contributed by atoms with Gasteiger partial charge in [-0.2, -0.15) is 0 Å². The van der Waals surface area contributed by atoms with Crippen LogP contribution in [0.15, 0.2) is 11.1 Å². The Kier molecular flexibility index (Phi) is 1.65. The van der Waals surface area contributed by atoms with Gasteiger partial charge in [-0.1, -0.05) is 5.57 Å². The molecule has 4 heteroatoms. The van der Waals surface area contributed by atoms with Crippen LogP contribution in [0, 0.1) is 11.8 Å². The third kappa shape index (κ3) is 1.05. The van der Waals surface area contributed by atoms with Gasteiger partial charge in [0.15, 0.2) is 0 Å². The Morgan fingerprint density at radius 3 is 2.62 bits per heavy atom. The molecule has 70 valence electrons. The summed E-state index contributed by atoms with van der Waals surface area (Å²) >= 11 is 0. The van der Waals surface area contributed by atoms with Crippen molar-refractivity contribution in [3.05, 3.63) is 11.1 Å². The molecule has 0 radical (unpaired) electrons. The Labute approximate surface area is 75.4 Å². The Hall–Kier alpha value is -1.32. The first kappa shape index (κ1) is 8.29. The quantitative estimate of drug-likeness (QED) is 0.642.